The number of alkyl halides is 2. The van der Waals surface area contributed by atoms with Crippen LogP contribution < -0.4 is 0 Å². The lowest BCUT2D eigenvalue weighted by Gasteiger charge is -2.41. The Morgan fingerprint density at radius 1 is 0.711 bits per heavy atom. The van der Waals surface area contributed by atoms with Crippen LogP contribution in [0, 0.1) is 0 Å². The molecule has 2 fully saturated rings. The summed E-state index contributed by atoms with van der Waals surface area (Å²) in [6, 6.07) is 0. The van der Waals surface area contributed by atoms with Crippen LogP contribution in [0.25, 0.3) is 0 Å². The molecule has 0 spiro atoms. The van der Waals surface area contributed by atoms with Gasteiger partial charge in [0.25, 0.3) is 0 Å². The minimum Gasteiger partial charge on any atom is -0.413 e. The molecule has 0 radical (unpaired) electrons. The topological polar surface area (TPSA) is 68.2 Å². The molecule has 0 amide bonds. The molecule has 2 unspecified atom stereocenters. The predicted molar refractivity (Wildman–Crippen MR) is 195 cm³/mol. The van der Waals surface area contributed by atoms with E-state index in [0.717, 1.165) is 11.1 Å². The van der Waals surface area contributed by atoms with Crippen molar-refractivity contribution in [3.05, 3.63) is 47.6 Å². The predicted octanol–water partition coefficient (Wildman–Crippen LogP) is 10.0. The zero-order chi connectivity index (χ0) is 34.9. The molecule has 0 bridgehead atoms. The van der Waals surface area contributed by atoms with Gasteiger partial charge in [0.1, 0.15) is 12.3 Å². The van der Waals surface area contributed by atoms with Crippen LogP contribution >= 0.6 is 0 Å². The zero-order valence-corrected chi connectivity index (χ0v) is 32.5. The lowest BCUT2D eigenvalue weighted by molar-refractivity contribution is 0.0397. The summed E-state index contributed by atoms with van der Waals surface area (Å²) in [5, 5.41) is 18.2. The Morgan fingerprint density at radius 2 is 0.978 bits per heavy atom. The first-order chi connectivity index (χ1) is 19.7. The van der Waals surface area contributed by atoms with Crippen LogP contribution in [0.2, 0.25) is 36.3 Å². The van der Waals surface area contributed by atoms with Crippen molar-refractivity contribution in [1.82, 2.24) is 0 Å². The number of aliphatic hydroxyl groups is 2. The van der Waals surface area contributed by atoms with Crippen LogP contribution in [-0.4, -0.2) is 77.3 Å². The maximum absolute atomic E-state index is 14.0. The normalized spacial score (nSPS) is 25.2. The van der Waals surface area contributed by atoms with Crippen LogP contribution in [0.3, 0.4) is 0 Å². The smallest absolute Gasteiger partial charge is 0.192 e. The molecule has 2 N–H and O–H groups in total. The molecule has 4 atom stereocenters. The number of ether oxygens (including phenoxy) is 1. The molecule has 0 aromatic rings. The summed E-state index contributed by atoms with van der Waals surface area (Å²) >= 11 is 0. The summed E-state index contributed by atoms with van der Waals surface area (Å²) in [4.78, 5) is 0. The molecule has 0 aliphatic heterocycles. The molecule has 2 aliphatic carbocycles. The van der Waals surface area contributed by atoms with E-state index in [4.69, 9.17) is 23.8 Å². The van der Waals surface area contributed by atoms with Gasteiger partial charge in [-0.3, -0.25) is 0 Å². The van der Waals surface area contributed by atoms with Crippen molar-refractivity contribution >= 4 is 16.6 Å². The Balaban J connectivity index is 0. The highest BCUT2D eigenvalue weighted by Crippen LogP contribution is 2.42. The van der Waals surface area contributed by atoms with Crippen molar-refractivity contribution in [2.24, 2.45) is 0 Å². The van der Waals surface area contributed by atoms with Gasteiger partial charge in [-0.2, -0.15) is 0 Å². The molecule has 45 heavy (non-hydrogen) atoms. The fourth-order valence-corrected chi connectivity index (χ4v) is 6.82. The van der Waals surface area contributed by atoms with Gasteiger partial charge < -0.3 is 23.8 Å². The van der Waals surface area contributed by atoms with E-state index in [0.29, 0.717) is 36.8 Å². The van der Waals surface area contributed by atoms with Crippen molar-refractivity contribution in [3.8, 4) is 0 Å². The van der Waals surface area contributed by atoms with Crippen LogP contribution in [-0.2, 0) is 13.6 Å². The van der Waals surface area contributed by atoms with Gasteiger partial charge in [0.2, 0.25) is 0 Å². The number of rotatable bonds is 6. The second-order valence-electron chi connectivity index (χ2n) is 16.0. The highest BCUT2D eigenvalue weighted by atomic mass is 28.4. The summed E-state index contributed by atoms with van der Waals surface area (Å²) in [5.74, 6) is 0. The maximum atomic E-state index is 14.0. The van der Waals surface area contributed by atoms with Gasteiger partial charge in [0.05, 0.1) is 31.0 Å². The third kappa shape index (κ3) is 15.7. The van der Waals surface area contributed by atoms with E-state index in [2.05, 4.69) is 80.9 Å². The third-order valence-electron chi connectivity index (χ3n) is 9.24. The van der Waals surface area contributed by atoms with Gasteiger partial charge in [-0.15, -0.1) is 0 Å². The second-order valence-corrected chi connectivity index (χ2v) is 25.5. The van der Waals surface area contributed by atoms with Gasteiger partial charge in [0, 0.05) is 20.0 Å². The fourth-order valence-electron chi connectivity index (χ4n) is 4.08. The molecule has 2 rings (SSSR count). The Morgan fingerprint density at radius 3 is 1.18 bits per heavy atom. The molecule has 0 aromatic heterocycles. The highest BCUT2D eigenvalue weighted by molar-refractivity contribution is 6.74. The lowest BCUT2D eigenvalue weighted by atomic mass is 9.87. The molecule has 2 aliphatic rings. The Bertz CT molecular complexity index is 913. The third-order valence-corrected chi connectivity index (χ3v) is 18.3. The first kappa shape index (κ1) is 46.2. The monoisotopic (exact) mass is 676 g/mol. The summed E-state index contributed by atoms with van der Waals surface area (Å²) in [7, 11) is -2.06. The number of allylic oxidation sites excluding steroid dienone is 2. The molecule has 2 saturated carbocycles. The van der Waals surface area contributed by atoms with Crippen LogP contribution in [0.5, 0.6) is 0 Å². The van der Waals surface area contributed by atoms with Crippen molar-refractivity contribution in [2.75, 3.05) is 20.3 Å². The minimum atomic E-state index is -1.88. The number of hydrogen-bond acceptors (Lipinski definition) is 5. The van der Waals surface area contributed by atoms with E-state index in [1.807, 2.05) is 20.8 Å². The largest absolute Gasteiger partial charge is 0.413 e. The fraction of sp³-hybridized carbons (Fsp3) is 0.778. The Labute approximate surface area is 278 Å². The molecule has 5 nitrogen and oxygen atoms in total. The zero-order valence-electron chi connectivity index (χ0n) is 30.5. The summed E-state index contributed by atoms with van der Waals surface area (Å²) < 4.78 is 45.5. The van der Waals surface area contributed by atoms with Crippen molar-refractivity contribution in [3.63, 3.8) is 0 Å². The standard InChI is InChI=1S/2C15H27FO2Si.C5H12O.CH4/c2*1-11-12(7-8-17)9-13(10-14(11)16)18-19(5,6)15(2,3)4;1-5(2,3)6-4;/h2*7,13-14,17H,1,8-10H2,2-6H3;1-4H3;1H4/b12-7-;;;/t2*13?,14-;;/m00../s1. The van der Waals surface area contributed by atoms with Gasteiger partial charge >= 0.3 is 0 Å². The summed E-state index contributed by atoms with van der Waals surface area (Å²) in [6.45, 7) is 35.3. The molecular weight excluding hydrogens is 607 g/mol. The molecule has 0 heterocycles. The molecule has 0 saturated heterocycles. The quantitative estimate of drug-likeness (QED) is 0.274. The minimum absolute atomic E-state index is 0. The summed E-state index contributed by atoms with van der Waals surface area (Å²) in [6.07, 6.45) is 3.08. The Hall–Kier alpha value is -0.946. The number of methoxy groups -OCH3 is 1. The van der Waals surface area contributed by atoms with E-state index in [9.17, 15) is 8.78 Å². The average molecular weight is 677 g/mol. The van der Waals surface area contributed by atoms with Gasteiger partial charge in [-0.1, -0.05) is 74.3 Å². The van der Waals surface area contributed by atoms with Crippen LogP contribution in [0.4, 0.5) is 8.78 Å². The molecular formula is C36H70F2O5Si2. The van der Waals surface area contributed by atoms with E-state index in [-0.39, 0.29) is 48.5 Å². The van der Waals surface area contributed by atoms with Crippen molar-refractivity contribution < 1.29 is 32.6 Å². The van der Waals surface area contributed by atoms with Gasteiger partial charge in [-0.25, -0.2) is 8.78 Å². The molecule has 9 heteroatoms. The van der Waals surface area contributed by atoms with E-state index in [1.165, 1.54) is 0 Å². The summed E-state index contributed by atoms with van der Waals surface area (Å²) in [5.41, 5.74) is 2.67. The van der Waals surface area contributed by atoms with Gasteiger partial charge in [-0.05, 0) is 92.2 Å². The number of aliphatic hydroxyl groups excluding tert-OH is 2. The number of hydrogen-bond donors (Lipinski definition) is 2. The maximum Gasteiger partial charge on any atom is 0.192 e. The van der Waals surface area contributed by atoms with Crippen LogP contribution in [0.1, 0.15) is 95.4 Å². The van der Waals surface area contributed by atoms with E-state index < -0.39 is 29.0 Å². The second kappa shape index (κ2) is 18.6. The molecule has 0 aromatic carbocycles. The lowest BCUT2D eigenvalue weighted by Crippen LogP contribution is -2.45. The van der Waals surface area contributed by atoms with Crippen molar-refractivity contribution in [2.45, 2.75) is 162 Å². The first-order valence-corrected chi connectivity index (χ1v) is 21.7. The molecule has 266 valence electrons. The Kier molecular flexibility index (Phi) is 19.0. The van der Waals surface area contributed by atoms with Gasteiger partial charge in [0.15, 0.2) is 16.6 Å². The van der Waals surface area contributed by atoms with E-state index >= 15 is 0 Å². The van der Waals surface area contributed by atoms with Crippen molar-refractivity contribution in [1.29, 1.82) is 0 Å². The number of halogens is 2. The first-order valence-electron chi connectivity index (χ1n) is 15.9. The average Bonchev–Trinajstić information content (AvgIpc) is 2.84. The van der Waals surface area contributed by atoms with E-state index in [1.54, 1.807) is 19.3 Å². The highest BCUT2D eigenvalue weighted by Gasteiger charge is 2.42. The SMILES string of the molecule is C.C=C1/C(=C\CO)CC(O[Si](C)(C)C(C)(C)C)C[C@@H]1F.C=C1C(=CCO)CC(O[Si](C)(C)C(C)(C)C)C[C@@H]1F.COC(C)(C)C. The van der Waals surface area contributed by atoms with Crippen LogP contribution in [0.15, 0.2) is 47.6 Å².